The lowest BCUT2D eigenvalue weighted by Gasteiger charge is -2.23. The Hall–Kier alpha value is -1.24. The molecule has 1 aliphatic carbocycles. The van der Waals surface area contributed by atoms with Crippen molar-refractivity contribution < 1.29 is 11.9 Å². The number of hydrogen-bond donors (Lipinski definition) is 0. The summed E-state index contributed by atoms with van der Waals surface area (Å²) >= 11 is 11.6. The summed E-state index contributed by atoms with van der Waals surface area (Å²) in [6.07, 6.45) is 2.14. The molecule has 1 saturated heterocycles. The van der Waals surface area contributed by atoms with Crippen molar-refractivity contribution in [1.82, 2.24) is 15.0 Å². The number of rotatable bonds is 1. The van der Waals surface area contributed by atoms with E-state index in [1.165, 1.54) is 11.1 Å². The normalized spacial score (nSPS) is 28.6. The van der Waals surface area contributed by atoms with Gasteiger partial charge in [0, 0.05) is 22.0 Å². The van der Waals surface area contributed by atoms with E-state index < -0.39 is 12.3 Å². The number of hydrogen-bond acceptors (Lipinski definition) is 5. The van der Waals surface area contributed by atoms with Crippen molar-refractivity contribution in [1.29, 1.82) is 0 Å². The lowest BCUT2D eigenvalue weighted by molar-refractivity contribution is 0.124. The van der Waals surface area contributed by atoms with Gasteiger partial charge in [0.1, 0.15) is 11.3 Å². The van der Waals surface area contributed by atoms with Gasteiger partial charge in [0.05, 0.1) is 17.5 Å². The van der Waals surface area contributed by atoms with E-state index in [1.807, 2.05) is 0 Å². The predicted octanol–water partition coefficient (Wildman–Crippen LogP) is 2.84. The van der Waals surface area contributed by atoms with Crippen LogP contribution in [0.1, 0.15) is 15.6 Å². The molecule has 3 heterocycles. The summed E-state index contributed by atoms with van der Waals surface area (Å²) in [5.41, 5.74) is -0.0711. The highest BCUT2D eigenvalue weighted by Gasteiger charge is 2.45. The van der Waals surface area contributed by atoms with E-state index in [2.05, 4.69) is 15.0 Å². The second kappa shape index (κ2) is 4.90. The molecule has 5 nitrogen and oxygen atoms in total. The second-order valence-electron chi connectivity index (χ2n) is 4.93. The first kappa shape index (κ1) is 11.3. The van der Waals surface area contributed by atoms with Crippen LogP contribution in [0.15, 0.2) is 6.20 Å². The number of ether oxygens (including phenoxy) is 1. The van der Waals surface area contributed by atoms with Crippen molar-refractivity contribution in [2.75, 3.05) is 18.0 Å². The zero-order chi connectivity index (χ0) is 16.4. The average molecular weight is 331 g/mol. The number of aromatic nitrogens is 3. The van der Waals surface area contributed by atoms with Gasteiger partial charge in [-0.2, -0.15) is 4.98 Å². The molecule has 2 fully saturated rings. The highest BCUT2D eigenvalue weighted by Crippen LogP contribution is 2.39. The van der Waals surface area contributed by atoms with E-state index in [-0.39, 0.29) is 45.7 Å². The molecule has 0 radical (unpaired) electrons. The fraction of sp³-hybridized carbons (Fsp3) is 0.462. The molecular weight excluding hydrogens is 318 g/mol. The maximum atomic E-state index is 14.2. The van der Waals surface area contributed by atoms with Gasteiger partial charge in [0.25, 0.3) is 0 Å². The summed E-state index contributed by atoms with van der Waals surface area (Å²) in [4.78, 5) is 13.3. The van der Waals surface area contributed by atoms with Crippen LogP contribution in [-0.2, 0) is 4.74 Å². The molecule has 2 aromatic heterocycles. The molecular formula is C13H11Cl2FN4O. The fourth-order valence-corrected chi connectivity index (χ4v) is 2.82. The van der Waals surface area contributed by atoms with E-state index in [9.17, 15) is 4.39 Å². The summed E-state index contributed by atoms with van der Waals surface area (Å²) in [6.45, 7) is -1.38. The number of fused-ring (bicyclic) bond motifs is 2. The molecule has 0 amide bonds. The smallest absolute Gasteiger partial charge is 0.225 e. The van der Waals surface area contributed by atoms with Crippen molar-refractivity contribution >= 4 is 39.9 Å². The molecule has 21 heavy (non-hydrogen) atoms. The number of nitrogens with zero attached hydrogens (tertiary/aromatic N) is 4. The maximum absolute atomic E-state index is 14.2. The molecule has 2 aromatic rings. The zero-order valence-corrected chi connectivity index (χ0v) is 12.2. The first-order chi connectivity index (χ1) is 10.9. The van der Waals surface area contributed by atoms with Crippen LogP contribution < -0.4 is 4.90 Å². The molecule has 0 N–H and O–H groups in total. The number of halogens is 3. The first-order valence-electron chi connectivity index (χ1n) is 7.47. The minimum atomic E-state index is -1.70. The topological polar surface area (TPSA) is 51.1 Å². The molecule has 8 heteroatoms. The number of anilines is 1. The quantitative estimate of drug-likeness (QED) is 0.594. The standard InChI is InChI=1S/C13H11Cl2FN4O/c14-11-9(16)10-6(5-17-11)12(19-13(15)18-10)20-2-1-3-21-8-4-7(8)20/h5,7-8H,1-4H2/t7-,8+/m0/s1/i2D2. The lowest BCUT2D eigenvalue weighted by atomic mass is 10.2. The Bertz CT molecular complexity index is 809. The first-order valence-corrected chi connectivity index (χ1v) is 7.22. The molecule has 1 aliphatic heterocycles. The van der Waals surface area contributed by atoms with E-state index >= 15 is 0 Å². The predicted molar refractivity (Wildman–Crippen MR) is 77.4 cm³/mol. The summed E-state index contributed by atoms with van der Waals surface area (Å²) < 4.78 is 36.5. The summed E-state index contributed by atoms with van der Waals surface area (Å²) in [6, 6.07) is -0.166. The molecule has 2 atom stereocenters. The Kier molecular flexibility index (Phi) is 2.65. The van der Waals surface area contributed by atoms with Gasteiger partial charge in [-0.3, -0.25) is 0 Å². The van der Waals surface area contributed by atoms with Gasteiger partial charge in [0.2, 0.25) is 5.28 Å². The minimum absolute atomic E-state index is 0.0542. The Labute approximate surface area is 132 Å². The molecule has 110 valence electrons. The van der Waals surface area contributed by atoms with Gasteiger partial charge in [0.15, 0.2) is 11.0 Å². The Morgan fingerprint density at radius 3 is 3.14 bits per heavy atom. The highest BCUT2D eigenvalue weighted by molar-refractivity contribution is 6.30. The molecule has 0 unspecified atom stereocenters. The van der Waals surface area contributed by atoms with Gasteiger partial charge >= 0.3 is 0 Å². The van der Waals surface area contributed by atoms with Crippen LogP contribution >= 0.6 is 23.2 Å². The largest absolute Gasteiger partial charge is 0.376 e. The van der Waals surface area contributed by atoms with Gasteiger partial charge in [-0.15, -0.1) is 0 Å². The van der Waals surface area contributed by atoms with Crippen molar-refractivity contribution in [3.05, 3.63) is 22.5 Å². The van der Waals surface area contributed by atoms with Crippen LogP contribution in [0.3, 0.4) is 0 Å². The molecule has 0 aromatic carbocycles. The Balaban J connectivity index is 1.96. The Morgan fingerprint density at radius 1 is 1.43 bits per heavy atom. The van der Waals surface area contributed by atoms with Crippen LogP contribution in [-0.4, -0.2) is 40.2 Å². The molecule has 2 aliphatic rings. The summed E-state index contributed by atoms with van der Waals surface area (Å²) in [5.74, 6) is -0.584. The second-order valence-corrected chi connectivity index (χ2v) is 5.63. The third-order valence-corrected chi connectivity index (χ3v) is 4.00. The molecule has 4 rings (SSSR count). The number of pyridine rings is 1. The van der Waals surface area contributed by atoms with Crippen LogP contribution in [0.4, 0.5) is 10.2 Å². The van der Waals surface area contributed by atoms with Crippen molar-refractivity contribution in [3.63, 3.8) is 0 Å². The molecule has 0 spiro atoms. The van der Waals surface area contributed by atoms with E-state index in [0.717, 1.165) is 0 Å². The van der Waals surface area contributed by atoms with Crippen LogP contribution in [0.2, 0.25) is 10.4 Å². The van der Waals surface area contributed by atoms with Crippen LogP contribution in [0.25, 0.3) is 10.9 Å². The Morgan fingerprint density at radius 2 is 2.29 bits per heavy atom. The zero-order valence-electron chi connectivity index (χ0n) is 12.7. The van der Waals surface area contributed by atoms with Crippen LogP contribution in [0.5, 0.6) is 0 Å². The van der Waals surface area contributed by atoms with Gasteiger partial charge in [-0.25, -0.2) is 14.4 Å². The summed E-state index contributed by atoms with van der Waals surface area (Å²) in [7, 11) is 0. The maximum Gasteiger partial charge on any atom is 0.225 e. The monoisotopic (exact) mass is 330 g/mol. The van der Waals surface area contributed by atoms with E-state index in [0.29, 0.717) is 13.0 Å². The van der Waals surface area contributed by atoms with Crippen molar-refractivity contribution in [3.8, 4) is 0 Å². The molecule has 1 saturated carbocycles. The molecule has 0 bridgehead atoms. The SMILES string of the molecule is [2H]C1([2H])CCO[C@@H]2C[C@@H]2N1c1nc(Cl)nc2c(F)c(Cl)ncc12. The third kappa shape index (κ3) is 2.22. The van der Waals surface area contributed by atoms with Gasteiger partial charge in [-0.1, -0.05) is 11.6 Å². The minimum Gasteiger partial charge on any atom is -0.376 e. The van der Waals surface area contributed by atoms with Crippen molar-refractivity contribution in [2.24, 2.45) is 0 Å². The third-order valence-electron chi connectivity index (χ3n) is 3.57. The van der Waals surface area contributed by atoms with E-state index in [4.69, 9.17) is 30.7 Å². The average Bonchev–Trinajstić information content (AvgIpc) is 3.22. The summed E-state index contributed by atoms with van der Waals surface area (Å²) in [5, 5.41) is -0.218. The lowest BCUT2D eigenvalue weighted by Crippen LogP contribution is -2.29. The van der Waals surface area contributed by atoms with Gasteiger partial charge in [-0.05, 0) is 24.4 Å². The highest BCUT2D eigenvalue weighted by atomic mass is 35.5. The fourth-order valence-electron chi connectivity index (χ4n) is 2.51. The van der Waals surface area contributed by atoms with Crippen molar-refractivity contribution in [2.45, 2.75) is 25.0 Å². The van der Waals surface area contributed by atoms with Gasteiger partial charge < -0.3 is 9.64 Å². The van der Waals surface area contributed by atoms with Crippen LogP contribution in [0, 0.1) is 5.82 Å². The van der Waals surface area contributed by atoms with E-state index in [1.54, 1.807) is 0 Å².